The normalized spacial score (nSPS) is 20.3. The fourth-order valence-corrected chi connectivity index (χ4v) is 6.47. The highest BCUT2D eigenvalue weighted by Gasteiger charge is 2.29. The minimum atomic E-state index is -0.537. The minimum Gasteiger partial charge on any atom is -0.444 e. The third kappa shape index (κ3) is 7.20. The Morgan fingerprint density at radius 1 is 1.00 bits per heavy atom. The second-order valence-corrected chi connectivity index (χ2v) is 13.3. The lowest BCUT2D eigenvalue weighted by molar-refractivity contribution is 0.0206. The summed E-state index contributed by atoms with van der Waals surface area (Å²) in [6.07, 6.45) is 8.56. The molecule has 1 aliphatic heterocycles. The molecule has 2 N–H and O–H groups in total. The van der Waals surface area contributed by atoms with Crippen molar-refractivity contribution in [2.24, 2.45) is 5.92 Å². The van der Waals surface area contributed by atoms with E-state index in [0.29, 0.717) is 36.5 Å². The number of likely N-dealkylation sites (tertiary alicyclic amines) is 1. The first-order valence-corrected chi connectivity index (χ1v) is 16.0. The maximum Gasteiger partial charge on any atom is 0.410 e. The average molecular weight is 610 g/mol. The second kappa shape index (κ2) is 13.0. The summed E-state index contributed by atoms with van der Waals surface area (Å²) in [6, 6.07) is 16.2. The van der Waals surface area contributed by atoms with Crippen LogP contribution in [0.2, 0.25) is 0 Å². The van der Waals surface area contributed by atoms with Crippen molar-refractivity contribution in [2.75, 3.05) is 18.4 Å². The number of nitrogens with zero attached hydrogens (tertiary/aromatic N) is 4. The molecule has 0 spiro atoms. The van der Waals surface area contributed by atoms with E-state index in [4.69, 9.17) is 14.5 Å². The van der Waals surface area contributed by atoms with Crippen molar-refractivity contribution < 1.29 is 19.4 Å². The minimum absolute atomic E-state index is 0.00371. The number of nitrogens with one attached hydrogen (secondary N) is 1. The molecule has 45 heavy (non-hydrogen) atoms. The Kier molecular flexibility index (Phi) is 8.90. The summed E-state index contributed by atoms with van der Waals surface area (Å²) in [5.41, 5.74) is 3.13. The molecule has 9 heteroatoms. The molecule has 0 bridgehead atoms. The second-order valence-electron chi connectivity index (χ2n) is 13.3. The summed E-state index contributed by atoms with van der Waals surface area (Å²) in [7, 11) is 0. The molecule has 2 fully saturated rings. The van der Waals surface area contributed by atoms with E-state index in [2.05, 4.69) is 45.6 Å². The quantitative estimate of drug-likeness (QED) is 0.225. The van der Waals surface area contributed by atoms with Crippen molar-refractivity contribution in [2.45, 2.75) is 84.0 Å². The van der Waals surface area contributed by atoms with Crippen LogP contribution in [0.4, 0.5) is 10.7 Å². The number of hydrogen-bond donors (Lipinski definition) is 2. The Labute approximate surface area is 265 Å². The van der Waals surface area contributed by atoms with E-state index >= 15 is 0 Å². The SMILES string of the molecule is Cc1ccc2c(C[C@@H]3CCC[C@H]3O)cccc2c1Oc1ncccc1-c1ccnc(N[C@H]2CCCN(C(=O)OC(C)(C)C)C2)n1. The van der Waals surface area contributed by atoms with Gasteiger partial charge in [0.05, 0.1) is 17.4 Å². The Hall–Kier alpha value is -4.24. The predicted molar refractivity (Wildman–Crippen MR) is 176 cm³/mol. The van der Waals surface area contributed by atoms with Gasteiger partial charge in [0, 0.05) is 36.9 Å². The molecular weight excluding hydrogens is 566 g/mol. The van der Waals surface area contributed by atoms with Gasteiger partial charge in [0.25, 0.3) is 0 Å². The predicted octanol–water partition coefficient (Wildman–Crippen LogP) is 7.31. The van der Waals surface area contributed by atoms with Crippen molar-refractivity contribution >= 4 is 22.8 Å². The molecule has 1 amide bonds. The smallest absolute Gasteiger partial charge is 0.410 e. The van der Waals surface area contributed by atoms with E-state index < -0.39 is 5.60 Å². The summed E-state index contributed by atoms with van der Waals surface area (Å²) in [6.45, 7) is 8.86. The molecule has 1 aliphatic carbocycles. The highest BCUT2D eigenvalue weighted by Crippen LogP contribution is 2.39. The van der Waals surface area contributed by atoms with Gasteiger partial charge in [-0.15, -0.1) is 0 Å². The Morgan fingerprint density at radius 2 is 1.87 bits per heavy atom. The Bertz CT molecular complexity index is 1670. The van der Waals surface area contributed by atoms with Crippen LogP contribution in [-0.2, 0) is 11.2 Å². The maximum atomic E-state index is 12.7. The zero-order valence-corrected chi connectivity index (χ0v) is 26.6. The van der Waals surface area contributed by atoms with E-state index in [9.17, 15) is 9.90 Å². The summed E-state index contributed by atoms with van der Waals surface area (Å²) in [5.74, 6) is 2.00. The van der Waals surface area contributed by atoms with Crippen LogP contribution in [0.1, 0.15) is 64.0 Å². The van der Waals surface area contributed by atoms with Crippen LogP contribution < -0.4 is 10.1 Å². The van der Waals surface area contributed by atoms with Crippen LogP contribution in [0.5, 0.6) is 11.6 Å². The number of aryl methyl sites for hydroxylation is 1. The van der Waals surface area contributed by atoms with E-state index in [0.717, 1.165) is 66.2 Å². The number of aliphatic hydroxyl groups excluding tert-OH is 1. The van der Waals surface area contributed by atoms with Crippen molar-refractivity contribution in [3.05, 3.63) is 72.1 Å². The zero-order chi connectivity index (χ0) is 31.6. The number of pyridine rings is 1. The van der Waals surface area contributed by atoms with Gasteiger partial charge in [0.15, 0.2) is 0 Å². The molecule has 0 radical (unpaired) electrons. The average Bonchev–Trinajstić information content (AvgIpc) is 3.42. The van der Waals surface area contributed by atoms with Gasteiger partial charge in [-0.1, -0.05) is 36.8 Å². The van der Waals surface area contributed by atoms with Crippen LogP contribution in [-0.4, -0.2) is 61.9 Å². The van der Waals surface area contributed by atoms with Crippen LogP contribution in [0.3, 0.4) is 0 Å². The molecule has 9 nitrogen and oxygen atoms in total. The molecule has 2 aliphatic rings. The standard InChI is InChI=1S/C36H43N5O4/c1-23-15-16-27-24(21-25-10-6-14-31(25)42)9-5-12-28(27)32(23)44-33-29(13-7-18-37-33)30-17-19-38-34(40-30)39-26-11-8-20-41(22-26)35(43)45-36(2,3)4/h5,7,9,12-13,15-19,25-26,31,42H,6,8,10-11,14,20-22H2,1-4H3,(H,38,39,40)/t25-,26-,31+/m0/s1. The van der Waals surface area contributed by atoms with Crippen LogP contribution in [0.25, 0.3) is 22.0 Å². The summed E-state index contributed by atoms with van der Waals surface area (Å²) >= 11 is 0. The van der Waals surface area contributed by atoms with Gasteiger partial charge in [0.2, 0.25) is 11.8 Å². The van der Waals surface area contributed by atoms with Gasteiger partial charge >= 0.3 is 6.09 Å². The third-order valence-electron chi connectivity index (χ3n) is 8.71. The Balaban J connectivity index is 1.23. The maximum absolute atomic E-state index is 12.7. The number of amides is 1. The van der Waals surface area contributed by atoms with E-state index in [-0.39, 0.29) is 18.2 Å². The summed E-state index contributed by atoms with van der Waals surface area (Å²) in [4.78, 5) is 28.3. The van der Waals surface area contributed by atoms with Gasteiger partial charge in [-0.2, -0.15) is 0 Å². The molecule has 2 aromatic heterocycles. The van der Waals surface area contributed by atoms with Crippen molar-refractivity contribution in [3.8, 4) is 22.9 Å². The summed E-state index contributed by atoms with van der Waals surface area (Å²) in [5, 5.41) is 16.1. The van der Waals surface area contributed by atoms with Crippen molar-refractivity contribution in [1.82, 2.24) is 19.9 Å². The number of fused-ring (bicyclic) bond motifs is 1. The molecule has 236 valence electrons. The van der Waals surface area contributed by atoms with Crippen molar-refractivity contribution in [1.29, 1.82) is 0 Å². The first-order chi connectivity index (χ1) is 21.6. The van der Waals surface area contributed by atoms with E-state index in [1.54, 1.807) is 17.3 Å². The van der Waals surface area contributed by atoms with Gasteiger partial charge in [-0.3, -0.25) is 0 Å². The fraction of sp³-hybridized carbons (Fsp3) is 0.444. The first-order valence-electron chi connectivity index (χ1n) is 16.0. The Morgan fingerprint density at radius 3 is 2.67 bits per heavy atom. The summed E-state index contributed by atoms with van der Waals surface area (Å²) < 4.78 is 12.2. The zero-order valence-electron chi connectivity index (χ0n) is 26.6. The highest BCUT2D eigenvalue weighted by atomic mass is 16.6. The molecule has 3 heterocycles. The number of piperidine rings is 1. The van der Waals surface area contributed by atoms with Crippen LogP contribution in [0.15, 0.2) is 60.9 Å². The monoisotopic (exact) mass is 609 g/mol. The van der Waals surface area contributed by atoms with Gasteiger partial charge in [-0.25, -0.2) is 19.7 Å². The lowest BCUT2D eigenvalue weighted by atomic mass is 9.92. The van der Waals surface area contributed by atoms with Gasteiger partial charge in [0.1, 0.15) is 11.4 Å². The van der Waals surface area contributed by atoms with E-state index in [1.807, 2.05) is 45.9 Å². The number of carbonyl (C=O) groups excluding carboxylic acids is 1. The number of carbonyl (C=O) groups is 1. The molecule has 1 saturated heterocycles. The van der Waals surface area contributed by atoms with Crippen molar-refractivity contribution in [3.63, 3.8) is 0 Å². The molecular formula is C36H43N5O4. The van der Waals surface area contributed by atoms with Crippen LogP contribution in [0, 0.1) is 12.8 Å². The fourth-order valence-electron chi connectivity index (χ4n) is 6.47. The van der Waals surface area contributed by atoms with E-state index in [1.165, 1.54) is 5.56 Å². The molecule has 6 rings (SSSR count). The largest absolute Gasteiger partial charge is 0.444 e. The molecule has 2 aromatic carbocycles. The molecule has 3 atom stereocenters. The number of aliphatic hydroxyl groups is 1. The number of rotatable bonds is 7. The lowest BCUT2D eigenvalue weighted by Gasteiger charge is -2.34. The van der Waals surface area contributed by atoms with Crippen LogP contribution >= 0.6 is 0 Å². The number of anilines is 1. The first kappa shape index (κ1) is 30.8. The number of hydrogen-bond acceptors (Lipinski definition) is 8. The molecule has 1 saturated carbocycles. The highest BCUT2D eigenvalue weighted by molar-refractivity contribution is 5.92. The number of aromatic nitrogens is 3. The number of ether oxygens (including phenoxy) is 2. The molecule has 0 unspecified atom stereocenters. The third-order valence-corrected chi connectivity index (χ3v) is 8.71. The lowest BCUT2D eigenvalue weighted by Crippen LogP contribution is -2.47. The van der Waals surface area contributed by atoms with Gasteiger partial charge < -0.3 is 24.8 Å². The van der Waals surface area contributed by atoms with Gasteiger partial charge in [-0.05, 0) is 100 Å². The number of benzene rings is 2. The topological polar surface area (TPSA) is 110 Å². The molecule has 4 aromatic rings.